The Morgan fingerprint density at radius 3 is 2.11 bits per heavy atom. The predicted octanol–water partition coefficient (Wildman–Crippen LogP) is -0.391. The number of hydrogen-bond donors (Lipinski definition) is 2. The topological polar surface area (TPSA) is 186 Å². The number of nitrogens with zero attached hydrogens (tertiary/aromatic N) is 1. The minimum Gasteiger partial charge on any atom is -0.503 e. The molecule has 1 aliphatic heterocycles. The molecule has 5 atom stereocenters. The van der Waals surface area contributed by atoms with Crippen LogP contribution in [0.5, 0.6) is 11.5 Å². The average molecular weight is 498 g/mol. The second-order valence-electron chi connectivity index (χ2n) is 7.31. The first kappa shape index (κ1) is 27.3. The summed E-state index contributed by atoms with van der Waals surface area (Å²) in [5.41, 5.74) is -0.460. The molecule has 192 valence electrons. The molecule has 1 saturated heterocycles. The first-order valence-corrected chi connectivity index (χ1v) is 10.3. The van der Waals surface area contributed by atoms with Gasteiger partial charge < -0.3 is 38.8 Å². The molecule has 0 aliphatic carbocycles. The van der Waals surface area contributed by atoms with Crippen LogP contribution in [0, 0.1) is 0 Å². The van der Waals surface area contributed by atoms with Gasteiger partial charge in [0.1, 0.15) is 18.8 Å². The maximum atomic E-state index is 13.0. The Labute approximate surface area is 199 Å². The zero-order valence-corrected chi connectivity index (χ0v) is 19.6. The van der Waals surface area contributed by atoms with Crippen LogP contribution in [0.15, 0.2) is 12.3 Å². The van der Waals surface area contributed by atoms with Gasteiger partial charge in [0.2, 0.25) is 6.29 Å². The molecule has 0 aromatic carbocycles. The Morgan fingerprint density at radius 2 is 1.57 bits per heavy atom. The molecule has 1 aromatic heterocycles. The van der Waals surface area contributed by atoms with E-state index in [9.17, 15) is 29.1 Å². The third-order valence-corrected chi connectivity index (χ3v) is 4.60. The Hall–Kier alpha value is -3.94. The van der Waals surface area contributed by atoms with Gasteiger partial charge >= 0.3 is 23.9 Å². The SMILES string of the molecule is COc1ccnc(C(=O)NC2C(OC(C)=O)OC(COC(C)=O)C(OC(C)=O)C2OC(C)=O)c1O. The smallest absolute Gasteiger partial charge is 0.305 e. The summed E-state index contributed by atoms with van der Waals surface area (Å²) in [6.07, 6.45) is -4.48. The molecule has 1 amide bonds. The number of pyridine rings is 1. The van der Waals surface area contributed by atoms with Crippen molar-refractivity contribution in [2.24, 2.45) is 0 Å². The summed E-state index contributed by atoms with van der Waals surface area (Å²) >= 11 is 0. The first-order chi connectivity index (χ1) is 16.4. The van der Waals surface area contributed by atoms with Crippen molar-refractivity contribution in [2.45, 2.75) is 58.3 Å². The monoisotopic (exact) mass is 498 g/mol. The van der Waals surface area contributed by atoms with Gasteiger partial charge in [-0.25, -0.2) is 4.98 Å². The van der Waals surface area contributed by atoms with Crippen LogP contribution in [0.2, 0.25) is 0 Å². The van der Waals surface area contributed by atoms with E-state index in [-0.39, 0.29) is 5.75 Å². The van der Waals surface area contributed by atoms with Crippen LogP contribution in [0.3, 0.4) is 0 Å². The van der Waals surface area contributed by atoms with Crippen molar-refractivity contribution in [2.75, 3.05) is 13.7 Å². The van der Waals surface area contributed by atoms with Crippen LogP contribution in [0.1, 0.15) is 38.2 Å². The van der Waals surface area contributed by atoms with E-state index in [0.717, 1.165) is 27.7 Å². The van der Waals surface area contributed by atoms with E-state index in [2.05, 4.69) is 10.3 Å². The van der Waals surface area contributed by atoms with Gasteiger partial charge in [-0.1, -0.05) is 0 Å². The lowest BCUT2D eigenvalue weighted by Crippen LogP contribution is -2.67. The minimum atomic E-state index is -1.58. The van der Waals surface area contributed by atoms with Crippen LogP contribution in [0.4, 0.5) is 0 Å². The van der Waals surface area contributed by atoms with Gasteiger partial charge in [0.25, 0.3) is 5.91 Å². The molecule has 0 bridgehead atoms. The summed E-state index contributed by atoms with van der Waals surface area (Å²) in [5, 5.41) is 12.7. The summed E-state index contributed by atoms with van der Waals surface area (Å²) in [4.78, 5) is 63.6. The van der Waals surface area contributed by atoms with Crippen molar-refractivity contribution in [3.8, 4) is 11.5 Å². The van der Waals surface area contributed by atoms with Gasteiger partial charge in [-0.3, -0.25) is 24.0 Å². The normalized spacial score (nSPS) is 23.4. The lowest BCUT2D eigenvalue weighted by Gasteiger charge is -2.44. The molecule has 14 heteroatoms. The van der Waals surface area contributed by atoms with Gasteiger partial charge in [-0.15, -0.1) is 0 Å². The van der Waals surface area contributed by atoms with Crippen LogP contribution in [0.25, 0.3) is 0 Å². The summed E-state index contributed by atoms with van der Waals surface area (Å²) < 4.78 is 31.4. The zero-order chi connectivity index (χ0) is 26.3. The number of rotatable bonds is 8. The molecular formula is C21H26N2O12. The van der Waals surface area contributed by atoms with Crippen molar-refractivity contribution >= 4 is 29.8 Å². The maximum absolute atomic E-state index is 13.0. The Morgan fingerprint density at radius 1 is 0.971 bits per heavy atom. The highest BCUT2D eigenvalue weighted by atomic mass is 16.7. The molecule has 1 aromatic rings. The molecule has 2 rings (SSSR count). The van der Waals surface area contributed by atoms with E-state index in [0.29, 0.717) is 0 Å². The highest BCUT2D eigenvalue weighted by Gasteiger charge is 2.52. The highest BCUT2D eigenvalue weighted by Crippen LogP contribution is 2.30. The fraction of sp³-hybridized carbons (Fsp3) is 0.524. The molecule has 0 saturated carbocycles. The number of amides is 1. The van der Waals surface area contributed by atoms with Gasteiger partial charge in [-0.05, 0) is 0 Å². The van der Waals surface area contributed by atoms with E-state index in [4.69, 9.17) is 28.4 Å². The van der Waals surface area contributed by atoms with Crippen molar-refractivity contribution in [3.63, 3.8) is 0 Å². The molecular weight excluding hydrogens is 472 g/mol. The molecule has 5 unspecified atom stereocenters. The van der Waals surface area contributed by atoms with Crippen LogP contribution in [-0.4, -0.2) is 84.2 Å². The summed E-state index contributed by atoms with van der Waals surface area (Å²) in [6.45, 7) is 3.89. The number of hydrogen-bond acceptors (Lipinski definition) is 13. The van der Waals surface area contributed by atoms with Gasteiger partial charge in [-0.2, -0.15) is 0 Å². The highest BCUT2D eigenvalue weighted by molar-refractivity contribution is 5.95. The van der Waals surface area contributed by atoms with E-state index in [1.54, 1.807) is 0 Å². The second-order valence-corrected chi connectivity index (χ2v) is 7.31. The zero-order valence-electron chi connectivity index (χ0n) is 19.6. The molecule has 2 heterocycles. The van der Waals surface area contributed by atoms with E-state index < -0.39 is 78.5 Å². The maximum Gasteiger partial charge on any atom is 0.305 e. The number of aromatic hydroxyl groups is 1. The number of nitrogens with one attached hydrogen (secondary N) is 1. The lowest BCUT2D eigenvalue weighted by molar-refractivity contribution is -0.270. The van der Waals surface area contributed by atoms with Crippen LogP contribution < -0.4 is 10.1 Å². The largest absolute Gasteiger partial charge is 0.503 e. The van der Waals surface area contributed by atoms with E-state index in [1.807, 2.05) is 0 Å². The van der Waals surface area contributed by atoms with Gasteiger partial charge in [0.15, 0.2) is 29.4 Å². The first-order valence-electron chi connectivity index (χ1n) is 10.3. The molecule has 1 aliphatic rings. The summed E-state index contributed by atoms with van der Waals surface area (Å²) in [7, 11) is 1.27. The van der Waals surface area contributed by atoms with Crippen molar-refractivity contribution < 1.29 is 57.5 Å². The second kappa shape index (κ2) is 12.0. The molecule has 0 spiro atoms. The van der Waals surface area contributed by atoms with Crippen molar-refractivity contribution in [3.05, 3.63) is 18.0 Å². The predicted molar refractivity (Wildman–Crippen MR) is 112 cm³/mol. The molecule has 14 nitrogen and oxygen atoms in total. The Bertz CT molecular complexity index is 981. The molecule has 35 heavy (non-hydrogen) atoms. The number of methoxy groups -OCH3 is 1. The minimum absolute atomic E-state index is 0.0441. The number of ether oxygens (including phenoxy) is 6. The van der Waals surface area contributed by atoms with Gasteiger partial charge in [0.05, 0.1) is 7.11 Å². The average Bonchev–Trinajstić information content (AvgIpc) is 2.75. The van der Waals surface area contributed by atoms with Crippen LogP contribution in [-0.2, 0) is 42.9 Å². The van der Waals surface area contributed by atoms with Crippen molar-refractivity contribution in [1.82, 2.24) is 10.3 Å². The fourth-order valence-electron chi connectivity index (χ4n) is 3.31. The third-order valence-electron chi connectivity index (χ3n) is 4.60. The third kappa shape index (κ3) is 7.27. The molecule has 2 N–H and O–H groups in total. The summed E-state index contributed by atoms with van der Waals surface area (Å²) in [5.74, 6) is -4.74. The lowest BCUT2D eigenvalue weighted by atomic mass is 9.95. The number of carbonyl (C=O) groups is 5. The molecule has 1 fully saturated rings. The van der Waals surface area contributed by atoms with Crippen LogP contribution >= 0.6 is 0 Å². The standard InChI is InChI=1S/C21H26N2O12/c1-9(24)31-8-14-18(32-10(2)25)19(33-11(3)26)16(21(35-14)34-12(4)27)23-20(29)15-17(28)13(30-5)6-7-22-15/h6-7,14,16,18-19,21,28H,8H2,1-5H3,(H,23,29). The van der Waals surface area contributed by atoms with Gasteiger partial charge in [0, 0.05) is 40.0 Å². The quantitative estimate of drug-likeness (QED) is 0.349. The molecule has 0 radical (unpaired) electrons. The van der Waals surface area contributed by atoms with E-state index in [1.165, 1.54) is 19.4 Å². The number of aromatic nitrogens is 1. The van der Waals surface area contributed by atoms with E-state index >= 15 is 0 Å². The van der Waals surface area contributed by atoms with Crippen molar-refractivity contribution in [1.29, 1.82) is 0 Å². The fourth-order valence-corrected chi connectivity index (χ4v) is 3.31. The number of esters is 4. The number of carbonyl (C=O) groups excluding carboxylic acids is 5. The summed E-state index contributed by atoms with van der Waals surface area (Å²) in [6, 6.07) is -0.129. The Kier molecular flexibility index (Phi) is 9.34. The Balaban J connectivity index is 2.50.